The van der Waals surface area contributed by atoms with Crippen LogP contribution in [0, 0.1) is 20.8 Å². The van der Waals surface area contributed by atoms with Gasteiger partial charge in [0.2, 0.25) is 0 Å². The van der Waals surface area contributed by atoms with Gasteiger partial charge in [0.15, 0.2) is 0 Å². The van der Waals surface area contributed by atoms with Crippen LogP contribution in [0.5, 0.6) is 0 Å². The fraction of sp³-hybridized carbons (Fsp3) is 0.200. The molecule has 0 saturated heterocycles. The van der Waals surface area contributed by atoms with E-state index in [0.29, 0.717) is 6.54 Å². The second-order valence-electron chi connectivity index (χ2n) is 6.02. The SMILES string of the molecule is Cc1cccc(Cn2nc(-c3cc(C)ccc3C)ccc2=O)c1. The molecule has 0 bridgehead atoms. The van der Waals surface area contributed by atoms with Crippen molar-refractivity contribution in [2.75, 3.05) is 0 Å². The molecule has 0 aliphatic carbocycles. The average molecular weight is 304 g/mol. The molecular formula is C20H20N2O. The van der Waals surface area contributed by atoms with Crippen LogP contribution in [0.1, 0.15) is 22.3 Å². The Morgan fingerprint density at radius 2 is 1.70 bits per heavy atom. The molecule has 2 aromatic carbocycles. The van der Waals surface area contributed by atoms with E-state index < -0.39 is 0 Å². The molecule has 1 heterocycles. The highest BCUT2D eigenvalue weighted by atomic mass is 16.1. The molecule has 3 heteroatoms. The van der Waals surface area contributed by atoms with E-state index in [0.717, 1.165) is 22.4 Å². The highest BCUT2D eigenvalue weighted by molar-refractivity contribution is 5.63. The standard InChI is InChI=1S/C20H20N2O/c1-14-5-4-6-17(11-14)13-22-20(23)10-9-19(21-22)18-12-15(2)7-8-16(18)3/h4-12H,13H2,1-3H3. The largest absolute Gasteiger partial charge is 0.268 e. The summed E-state index contributed by atoms with van der Waals surface area (Å²) in [6, 6.07) is 17.8. The van der Waals surface area contributed by atoms with Gasteiger partial charge >= 0.3 is 0 Å². The molecule has 0 N–H and O–H groups in total. The zero-order valence-corrected chi connectivity index (χ0v) is 13.7. The van der Waals surface area contributed by atoms with Gasteiger partial charge in [0.1, 0.15) is 0 Å². The maximum atomic E-state index is 12.1. The molecule has 0 atom stereocenters. The summed E-state index contributed by atoms with van der Waals surface area (Å²) in [4.78, 5) is 12.1. The molecule has 0 aliphatic rings. The van der Waals surface area contributed by atoms with Crippen molar-refractivity contribution >= 4 is 0 Å². The summed E-state index contributed by atoms with van der Waals surface area (Å²) in [6.07, 6.45) is 0. The molecule has 23 heavy (non-hydrogen) atoms. The Kier molecular flexibility index (Phi) is 4.11. The summed E-state index contributed by atoms with van der Waals surface area (Å²) in [7, 11) is 0. The van der Waals surface area contributed by atoms with Gasteiger partial charge in [0.05, 0.1) is 12.2 Å². The van der Waals surface area contributed by atoms with Crippen molar-refractivity contribution in [1.29, 1.82) is 0 Å². The van der Waals surface area contributed by atoms with Crippen molar-refractivity contribution in [1.82, 2.24) is 9.78 Å². The summed E-state index contributed by atoms with van der Waals surface area (Å²) in [5.41, 5.74) is 6.42. The van der Waals surface area contributed by atoms with E-state index in [1.165, 1.54) is 15.8 Å². The van der Waals surface area contributed by atoms with Crippen LogP contribution in [-0.4, -0.2) is 9.78 Å². The van der Waals surface area contributed by atoms with Crippen LogP contribution in [0.15, 0.2) is 59.4 Å². The van der Waals surface area contributed by atoms with E-state index in [4.69, 9.17) is 0 Å². The first-order valence-electron chi connectivity index (χ1n) is 7.74. The quantitative estimate of drug-likeness (QED) is 0.736. The van der Waals surface area contributed by atoms with Crippen LogP contribution in [-0.2, 0) is 6.54 Å². The Bertz CT molecular complexity index is 910. The lowest BCUT2D eigenvalue weighted by Gasteiger charge is -2.10. The van der Waals surface area contributed by atoms with Crippen molar-refractivity contribution < 1.29 is 0 Å². The van der Waals surface area contributed by atoms with E-state index in [9.17, 15) is 4.79 Å². The first-order valence-corrected chi connectivity index (χ1v) is 7.74. The van der Waals surface area contributed by atoms with Crippen LogP contribution >= 0.6 is 0 Å². The van der Waals surface area contributed by atoms with E-state index in [1.54, 1.807) is 12.1 Å². The Labute approximate surface area is 136 Å². The molecule has 3 aromatic rings. The van der Waals surface area contributed by atoms with E-state index >= 15 is 0 Å². The second-order valence-corrected chi connectivity index (χ2v) is 6.02. The number of aromatic nitrogens is 2. The van der Waals surface area contributed by atoms with Crippen molar-refractivity contribution in [2.24, 2.45) is 0 Å². The zero-order chi connectivity index (χ0) is 16.4. The highest BCUT2D eigenvalue weighted by Crippen LogP contribution is 2.21. The maximum Gasteiger partial charge on any atom is 0.267 e. The Hall–Kier alpha value is -2.68. The molecular weight excluding hydrogens is 284 g/mol. The van der Waals surface area contributed by atoms with Crippen molar-refractivity contribution in [3.8, 4) is 11.3 Å². The van der Waals surface area contributed by atoms with Gasteiger partial charge in [-0.3, -0.25) is 4.79 Å². The van der Waals surface area contributed by atoms with Crippen LogP contribution in [0.3, 0.4) is 0 Å². The van der Waals surface area contributed by atoms with Crippen LogP contribution in [0.2, 0.25) is 0 Å². The second kappa shape index (κ2) is 6.21. The molecule has 3 rings (SSSR count). The van der Waals surface area contributed by atoms with Crippen LogP contribution in [0.25, 0.3) is 11.3 Å². The van der Waals surface area contributed by atoms with E-state index in [-0.39, 0.29) is 5.56 Å². The summed E-state index contributed by atoms with van der Waals surface area (Å²) < 4.78 is 1.53. The molecule has 116 valence electrons. The minimum absolute atomic E-state index is 0.0828. The first-order chi connectivity index (χ1) is 11.0. The van der Waals surface area contributed by atoms with Gasteiger partial charge < -0.3 is 0 Å². The Morgan fingerprint density at radius 3 is 2.48 bits per heavy atom. The summed E-state index contributed by atoms with van der Waals surface area (Å²) >= 11 is 0. The van der Waals surface area contributed by atoms with Crippen LogP contribution in [0.4, 0.5) is 0 Å². The topological polar surface area (TPSA) is 34.9 Å². The first kappa shape index (κ1) is 15.2. The third-order valence-electron chi connectivity index (χ3n) is 3.95. The molecule has 1 aromatic heterocycles. The molecule has 0 radical (unpaired) electrons. The normalized spacial score (nSPS) is 10.7. The zero-order valence-electron chi connectivity index (χ0n) is 13.7. The van der Waals surface area contributed by atoms with Gasteiger partial charge in [-0.25, -0.2) is 4.68 Å². The van der Waals surface area contributed by atoms with E-state index in [2.05, 4.69) is 43.2 Å². The molecule has 0 saturated carbocycles. The minimum Gasteiger partial charge on any atom is -0.268 e. The fourth-order valence-corrected chi connectivity index (χ4v) is 2.70. The predicted molar refractivity (Wildman–Crippen MR) is 93.7 cm³/mol. The lowest BCUT2D eigenvalue weighted by molar-refractivity contribution is 0.642. The third kappa shape index (κ3) is 3.39. The van der Waals surface area contributed by atoms with Gasteiger partial charge in [-0.2, -0.15) is 5.10 Å². The summed E-state index contributed by atoms with van der Waals surface area (Å²) in [5, 5.41) is 4.57. The number of hydrogen-bond acceptors (Lipinski definition) is 2. The van der Waals surface area contributed by atoms with Gasteiger partial charge in [-0.1, -0.05) is 47.5 Å². The molecule has 0 aliphatic heterocycles. The maximum absolute atomic E-state index is 12.1. The number of aryl methyl sites for hydroxylation is 3. The molecule has 0 spiro atoms. The highest BCUT2D eigenvalue weighted by Gasteiger charge is 2.07. The van der Waals surface area contributed by atoms with Crippen LogP contribution < -0.4 is 5.56 Å². The lowest BCUT2D eigenvalue weighted by Crippen LogP contribution is -2.23. The number of nitrogens with zero attached hydrogens (tertiary/aromatic N) is 2. The minimum atomic E-state index is -0.0828. The smallest absolute Gasteiger partial charge is 0.267 e. The predicted octanol–water partition coefficient (Wildman–Crippen LogP) is 3.88. The molecule has 0 fully saturated rings. The monoisotopic (exact) mass is 304 g/mol. The molecule has 0 amide bonds. The fourth-order valence-electron chi connectivity index (χ4n) is 2.70. The molecule has 0 unspecified atom stereocenters. The Morgan fingerprint density at radius 1 is 0.913 bits per heavy atom. The molecule has 3 nitrogen and oxygen atoms in total. The van der Waals surface area contributed by atoms with Gasteiger partial charge in [-0.15, -0.1) is 0 Å². The third-order valence-corrected chi connectivity index (χ3v) is 3.95. The number of hydrogen-bond donors (Lipinski definition) is 0. The van der Waals surface area contributed by atoms with E-state index in [1.807, 2.05) is 25.1 Å². The van der Waals surface area contributed by atoms with Crippen molar-refractivity contribution in [2.45, 2.75) is 27.3 Å². The lowest BCUT2D eigenvalue weighted by atomic mass is 10.0. The Balaban J connectivity index is 2.02. The van der Waals surface area contributed by atoms with Crippen molar-refractivity contribution in [3.63, 3.8) is 0 Å². The van der Waals surface area contributed by atoms with Gasteiger partial charge in [0, 0.05) is 11.6 Å². The summed E-state index contributed by atoms with van der Waals surface area (Å²) in [6.45, 7) is 6.66. The van der Waals surface area contributed by atoms with Crippen molar-refractivity contribution in [3.05, 3.63) is 87.2 Å². The van der Waals surface area contributed by atoms with Gasteiger partial charge in [-0.05, 0) is 44.0 Å². The average Bonchev–Trinajstić information content (AvgIpc) is 2.52. The van der Waals surface area contributed by atoms with Gasteiger partial charge in [0.25, 0.3) is 5.56 Å². The number of benzene rings is 2. The number of rotatable bonds is 3. The summed E-state index contributed by atoms with van der Waals surface area (Å²) in [5.74, 6) is 0.